The van der Waals surface area contributed by atoms with Gasteiger partial charge >= 0.3 is 5.97 Å². The molecule has 5 bridgehead atoms. The summed E-state index contributed by atoms with van der Waals surface area (Å²) in [5, 5.41) is 13.9. The minimum absolute atomic E-state index is 0.0527. The van der Waals surface area contributed by atoms with Crippen molar-refractivity contribution in [2.24, 2.45) is 17.8 Å². The summed E-state index contributed by atoms with van der Waals surface area (Å²) >= 11 is 3.64. The number of anilines is 1. The Bertz CT molecular complexity index is 1750. The number of carbonyl (C=O) groups is 4. The number of aliphatic hydroxyl groups excluding tert-OH is 1. The maximum absolute atomic E-state index is 15.4. The number of fused-ring (bicyclic) bond motifs is 2. The van der Waals surface area contributed by atoms with Crippen LogP contribution in [-0.2, 0) is 33.4 Å². The normalized spacial score (nSPS) is 31.2. The van der Waals surface area contributed by atoms with Gasteiger partial charge in [-0.1, -0.05) is 90.8 Å². The lowest BCUT2D eigenvalue weighted by atomic mass is 9.74. The molecule has 2 aromatic rings. The summed E-state index contributed by atoms with van der Waals surface area (Å²) in [6.45, 7) is 7.61. The van der Waals surface area contributed by atoms with Crippen molar-refractivity contribution in [2.75, 3.05) is 31.8 Å². The highest BCUT2D eigenvalue weighted by atomic mass is 79.9. The van der Waals surface area contributed by atoms with Crippen LogP contribution in [0, 0.1) is 31.6 Å². The SMILES string of the molecule is CC[C@H](C)[C@H](CO)N1C(=O)[C@@H]2[C@H]3C(=O)O[C@@H](c4ccccc4)[C@H](COC)NC(=O)CC/C=C\CN(c4cc(C)ccc4C)C(=O)[C@@H]1[C@]21C=C(Br)[C@H]3O1. The van der Waals surface area contributed by atoms with E-state index in [-0.39, 0.29) is 38.0 Å². The highest BCUT2D eigenvalue weighted by molar-refractivity contribution is 9.11. The molecule has 278 valence electrons. The zero-order valence-corrected chi connectivity index (χ0v) is 31.9. The molecule has 52 heavy (non-hydrogen) atoms. The molecule has 6 rings (SSSR count). The number of halogens is 1. The van der Waals surface area contributed by atoms with E-state index in [9.17, 15) is 19.5 Å². The summed E-state index contributed by atoms with van der Waals surface area (Å²) in [5.41, 5.74) is 1.58. The first-order chi connectivity index (χ1) is 25.0. The van der Waals surface area contributed by atoms with Gasteiger partial charge < -0.3 is 34.4 Å². The van der Waals surface area contributed by atoms with Gasteiger partial charge in [0.25, 0.3) is 5.91 Å². The standard InChI is InChI=1S/C40H48BrN3O8/c1-6-24(3)30(21-45)44-36-38(48)43(29-19-23(2)16-17-25(29)4)18-12-8-11-15-31(46)42-28(22-50-5)34(26-13-9-7-10-14-26)51-39(49)32-33(37(44)47)40(36)20-27(41)35(32)52-40/h7-10,12-14,16-17,19-20,24,28,30,32-36,45H,6,11,15,18,21-22H2,1-5H3,(H,42,46)/b12-8-/t24-,28-,30-,32+,33-,34-,35+,36+,40-/m0/s1. The van der Waals surface area contributed by atoms with Gasteiger partial charge in [-0.2, -0.15) is 0 Å². The first kappa shape index (κ1) is 37.9. The zero-order chi connectivity index (χ0) is 37.3. The molecule has 12 heteroatoms. The van der Waals surface area contributed by atoms with E-state index in [0.717, 1.165) is 11.1 Å². The second-order valence-electron chi connectivity index (χ2n) is 14.4. The van der Waals surface area contributed by atoms with E-state index in [2.05, 4.69) is 21.2 Å². The van der Waals surface area contributed by atoms with Gasteiger partial charge in [0.05, 0.1) is 31.2 Å². The van der Waals surface area contributed by atoms with Gasteiger partial charge in [0.15, 0.2) is 0 Å². The lowest BCUT2D eigenvalue weighted by molar-refractivity contribution is -0.163. The van der Waals surface area contributed by atoms with Crippen LogP contribution < -0.4 is 10.2 Å². The third kappa shape index (κ3) is 6.74. The predicted octanol–water partition coefficient (Wildman–Crippen LogP) is 4.68. The van der Waals surface area contributed by atoms with Crippen molar-refractivity contribution in [1.82, 2.24) is 10.2 Å². The fourth-order valence-electron chi connectivity index (χ4n) is 8.25. The molecule has 0 saturated carbocycles. The summed E-state index contributed by atoms with van der Waals surface area (Å²) in [4.78, 5) is 61.5. The van der Waals surface area contributed by atoms with Gasteiger partial charge in [-0.3, -0.25) is 19.2 Å². The fraction of sp³-hybridized carbons (Fsp3) is 0.500. The van der Waals surface area contributed by atoms with Gasteiger partial charge in [-0.25, -0.2) is 0 Å². The Kier molecular flexibility index (Phi) is 11.4. The van der Waals surface area contributed by atoms with Crippen LogP contribution in [0.15, 0.2) is 71.2 Å². The Labute approximate surface area is 313 Å². The van der Waals surface area contributed by atoms with E-state index in [1.165, 1.54) is 12.0 Å². The number of aliphatic hydroxyl groups is 1. The number of allylic oxidation sites excluding steroid dienone is 1. The van der Waals surface area contributed by atoms with Gasteiger partial charge in [-0.05, 0) is 55.0 Å². The molecule has 11 nitrogen and oxygen atoms in total. The second kappa shape index (κ2) is 15.6. The van der Waals surface area contributed by atoms with Crippen molar-refractivity contribution in [2.45, 2.75) is 82.9 Å². The van der Waals surface area contributed by atoms with E-state index >= 15 is 4.79 Å². The Morgan fingerprint density at radius 1 is 1.06 bits per heavy atom. The average molecular weight is 779 g/mol. The van der Waals surface area contributed by atoms with Gasteiger partial charge in [0.2, 0.25) is 11.8 Å². The van der Waals surface area contributed by atoms with Crippen molar-refractivity contribution in [3.05, 3.63) is 87.9 Å². The van der Waals surface area contributed by atoms with Gasteiger partial charge in [0.1, 0.15) is 29.8 Å². The summed E-state index contributed by atoms with van der Waals surface area (Å²) in [6, 6.07) is 12.3. The van der Waals surface area contributed by atoms with Crippen molar-refractivity contribution in [1.29, 1.82) is 0 Å². The van der Waals surface area contributed by atoms with Gasteiger partial charge in [0, 0.05) is 30.2 Å². The topological polar surface area (TPSA) is 135 Å². The number of rotatable bonds is 8. The molecule has 1 spiro atoms. The molecule has 4 aliphatic rings. The third-order valence-corrected chi connectivity index (χ3v) is 11.7. The largest absolute Gasteiger partial charge is 0.455 e. The van der Waals surface area contributed by atoms with Crippen LogP contribution in [0.1, 0.15) is 55.9 Å². The molecule has 0 unspecified atom stereocenters. The monoisotopic (exact) mass is 777 g/mol. The Balaban J connectivity index is 1.53. The molecule has 0 aromatic heterocycles. The Morgan fingerprint density at radius 3 is 2.50 bits per heavy atom. The van der Waals surface area contributed by atoms with E-state index < -0.39 is 65.6 Å². The molecule has 2 saturated heterocycles. The maximum Gasteiger partial charge on any atom is 0.313 e. The van der Waals surface area contributed by atoms with E-state index in [0.29, 0.717) is 28.6 Å². The number of benzene rings is 2. The van der Waals surface area contributed by atoms with Crippen LogP contribution in [0.4, 0.5) is 5.69 Å². The number of hydrogen-bond acceptors (Lipinski definition) is 8. The number of methoxy groups -OCH3 is 1. The maximum atomic E-state index is 15.4. The molecule has 4 aliphatic heterocycles. The Morgan fingerprint density at radius 2 is 1.81 bits per heavy atom. The summed E-state index contributed by atoms with van der Waals surface area (Å²) in [5.74, 6) is -4.22. The van der Waals surface area contributed by atoms with Crippen LogP contribution in [-0.4, -0.2) is 90.4 Å². The van der Waals surface area contributed by atoms with Crippen LogP contribution in [0.5, 0.6) is 0 Å². The molecule has 0 aliphatic carbocycles. The van der Waals surface area contributed by atoms with E-state index in [4.69, 9.17) is 14.2 Å². The number of ether oxygens (including phenoxy) is 3. The average Bonchev–Trinajstić information content (AvgIpc) is 3.73. The molecule has 0 radical (unpaired) electrons. The van der Waals surface area contributed by atoms with E-state index in [1.54, 1.807) is 11.0 Å². The third-order valence-electron chi connectivity index (χ3n) is 11.1. The molecular weight excluding hydrogens is 730 g/mol. The molecule has 2 N–H and O–H groups in total. The number of esters is 1. The zero-order valence-electron chi connectivity index (χ0n) is 30.3. The van der Waals surface area contributed by atoms with Crippen LogP contribution in [0.25, 0.3) is 0 Å². The van der Waals surface area contributed by atoms with Crippen molar-refractivity contribution >= 4 is 45.3 Å². The highest BCUT2D eigenvalue weighted by Gasteiger charge is 2.75. The number of carbonyl (C=O) groups excluding carboxylic acids is 4. The highest BCUT2D eigenvalue weighted by Crippen LogP contribution is 2.60. The molecule has 9 atom stereocenters. The summed E-state index contributed by atoms with van der Waals surface area (Å²) < 4.78 is 19.1. The molecule has 2 aromatic carbocycles. The molecule has 4 heterocycles. The fourth-order valence-corrected chi connectivity index (χ4v) is 8.98. The number of cyclic esters (lactones) is 1. The molecular formula is C40H48BrN3O8. The lowest BCUT2D eigenvalue weighted by Gasteiger charge is -2.40. The quantitative estimate of drug-likeness (QED) is 0.292. The number of amides is 3. The lowest BCUT2D eigenvalue weighted by Crippen LogP contribution is -2.59. The first-order valence-electron chi connectivity index (χ1n) is 18.0. The minimum Gasteiger partial charge on any atom is -0.455 e. The number of aryl methyl sites for hydroxylation is 2. The number of hydrogen-bond donors (Lipinski definition) is 2. The van der Waals surface area contributed by atoms with Crippen molar-refractivity contribution < 1.29 is 38.5 Å². The van der Waals surface area contributed by atoms with Crippen molar-refractivity contribution in [3.63, 3.8) is 0 Å². The summed E-state index contributed by atoms with van der Waals surface area (Å²) in [6.07, 6.45) is 4.81. The van der Waals surface area contributed by atoms with Crippen LogP contribution in [0.2, 0.25) is 0 Å². The van der Waals surface area contributed by atoms with Crippen LogP contribution in [0.3, 0.4) is 0 Å². The minimum atomic E-state index is -1.53. The molecule has 3 amide bonds. The molecule has 2 fully saturated rings. The van der Waals surface area contributed by atoms with Crippen molar-refractivity contribution in [3.8, 4) is 0 Å². The number of likely N-dealkylation sites (tertiary alicyclic amines) is 1. The number of nitrogens with zero attached hydrogens (tertiary/aromatic N) is 2. The number of nitrogens with one attached hydrogen (secondary N) is 1. The first-order valence-corrected chi connectivity index (χ1v) is 18.8. The van der Waals surface area contributed by atoms with Crippen LogP contribution >= 0.6 is 15.9 Å². The predicted molar refractivity (Wildman–Crippen MR) is 198 cm³/mol. The second-order valence-corrected chi connectivity index (χ2v) is 15.3. The Hall–Kier alpha value is -3.84. The summed E-state index contributed by atoms with van der Waals surface area (Å²) in [7, 11) is 1.51. The van der Waals surface area contributed by atoms with E-state index in [1.807, 2.05) is 88.4 Å². The van der Waals surface area contributed by atoms with Gasteiger partial charge in [-0.15, -0.1) is 0 Å². The smallest absolute Gasteiger partial charge is 0.313 e.